The Labute approximate surface area is 152 Å². The highest BCUT2D eigenvalue weighted by molar-refractivity contribution is 7.87. The van der Waals surface area contributed by atoms with Crippen LogP contribution in [0.3, 0.4) is 0 Å². The number of ether oxygens (including phenoxy) is 2. The van der Waals surface area contributed by atoms with Crippen LogP contribution in [-0.4, -0.2) is 81.3 Å². The van der Waals surface area contributed by atoms with E-state index in [0.717, 1.165) is 39.1 Å². The molecule has 3 fully saturated rings. The van der Waals surface area contributed by atoms with Gasteiger partial charge in [0.1, 0.15) is 0 Å². The van der Waals surface area contributed by atoms with Crippen LogP contribution >= 0.6 is 0 Å². The lowest BCUT2D eigenvalue weighted by molar-refractivity contribution is -0.0455. The van der Waals surface area contributed by atoms with Crippen LogP contribution < -0.4 is 4.72 Å². The van der Waals surface area contributed by atoms with E-state index in [2.05, 4.69) is 9.62 Å². The first-order chi connectivity index (χ1) is 11.9. The van der Waals surface area contributed by atoms with Crippen LogP contribution in [0.15, 0.2) is 0 Å². The van der Waals surface area contributed by atoms with Gasteiger partial charge in [0.15, 0.2) is 0 Å². The average molecular weight is 376 g/mol. The highest BCUT2D eigenvalue weighted by atomic mass is 32.2. The second kappa shape index (κ2) is 8.19. The van der Waals surface area contributed by atoms with E-state index < -0.39 is 10.2 Å². The summed E-state index contributed by atoms with van der Waals surface area (Å²) in [5.41, 5.74) is -0.0569. The summed E-state index contributed by atoms with van der Waals surface area (Å²) < 4.78 is 41.4. The summed E-state index contributed by atoms with van der Waals surface area (Å²) >= 11 is 0. The molecular weight excluding hydrogens is 342 g/mol. The molecule has 0 aromatic rings. The van der Waals surface area contributed by atoms with Gasteiger partial charge in [-0.25, -0.2) is 4.72 Å². The molecule has 3 aliphatic rings. The number of nitrogens with one attached hydrogen (secondary N) is 1. The lowest BCUT2D eigenvalue weighted by atomic mass is 9.80. The fourth-order valence-electron chi connectivity index (χ4n) is 4.50. The summed E-state index contributed by atoms with van der Waals surface area (Å²) in [7, 11) is -3.48. The van der Waals surface area contributed by atoms with Crippen molar-refractivity contribution >= 4 is 10.2 Å². The van der Waals surface area contributed by atoms with E-state index in [1.54, 1.807) is 4.31 Å². The Kier molecular flexibility index (Phi) is 6.39. The Bertz CT molecular complexity index is 520. The van der Waals surface area contributed by atoms with Crippen molar-refractivity contribution in [2.75, 3.05) is 45.9 Å². The van der Waals surface area contributed by atoms with Gasteiger partial charge in [-0.3, -0.25) is 4.90 Å². The fraction of sp³-hybridized carbons (Fsp3) is 1.00. The van der Waals surface area contributed by atoms with Crippen LogP contribution in [0.1, 0.15) is 46.0 Å². The van der Waals surface area contributed by atoms with Crippen molar-refractivity contribution in [3.8, 4) is 0 Å². The first-order valence-electron chi connectivity index (χ1n) is 9.64. The molecule has 1 saturated carbocycles. The van der Waals surface area contributed by atoms with Gasteiger partial charge in [0, 0.05) is 38.3 Å². The van der Waals surface area contributed by atoms with Crippen LogP contribution in [0.25, 0.3) is 0 Å². The van der Waals surface area contributed by atoms with Crippen LogP contribution in [-0.2, 0) is 19.7 Å². The molecule has 7 nitrogen and oxygen atoms in total. The van der Waals surface area contributed by atoms with E-state index >= 15 is 0 Å². The Hall–Kier alpha value is -0.250. The third kappa shape index (κ3) is 4.73. The Morgan fingerprint density at radius 3 is 2.24 bits per heavy atom. The van der Waals surface area contributed by atoms with Gasteiger partial charge in [0.05, 0.1) is 25.4 Å². The highest BCUT2D eigenvalue weighted by Gasteiger charge is 2.40. The quantitative estimate of drug-likeness (QED) is 0.775. The molecule has 0 radical (unpaired) electrons. The molecule has 0 aromatic heterocycles. The van der Waals surface area contributed by atoms with Crippen molar-refractivity contribution in [3.05, 3.63) is 0 Å². The molecule has 0 spiro atoms. The normalized spacial score (nSPS) is 32.6. The lowest BCUT2D eigenvalue weighted by Crippen LogP contribution is -2.61. The van der Waals surface area contributed by atoms with E-state index in [-0.39, 0.29) is 17.7 Å². The first kappa shape index (κ1) is 19.5. The zero-order valence-corrected chi connectivity index (χ0v) is 16.4. The smallest absolute Gasteiger partial charge is 0.279 e. The molecule has 2 atom stereocenters. The van der Waals surface area contributed by atoms with Crippen molar-refractivity contribution < 1.29 is 17.9 Å². The van der Waals surface area contributed by atoms with Crippen LogP contribution in [0.2, 0.25) is 0 Å². The summed E-state index contributed by atoms with van der Waals surface area (Å²) in [6, 6.07) is 0. The van der Waals surface area contributed by atoms with E-state index in [9.17, 15) is 8.42 Å². The van der Waals surface area contributed by atoms with Crippen LogP contribution in [0.5, 0.6) is 0 Å². The number of rotatable bonds is 5. The molecule has 2 saturated heterocycles. The molecule has 146 valence electrons. The number of nitrogens with zero attached hydrogens (tertiary/aromatic N) is 2. The molecule has 2 aliphatic heterocycles. The topological polar surface area (TPSA) is 71.1 Å². The summed E-state index contributed by atoms with van der Waals surface area (Å²) in [5.74, 6) is 0. The van der Waals surface area contributed by atoms with Gasteiger partial charge < -0.3 is 9.47 Å². The Balaban J connectivity index is 1.67. The minimum atomic E-state index is -3.48. The summed E-state index contributed by atoms with van der Waals surface area (Å²) in [4.78, 5) is 2.46. The van der Waals surface area contributed by atoms with E-state index in [4.69, 9.17) is 9.47 Å². The second-order valence-corrected chi connectivity index (χ2v) is 9.54. The second-order valence-electron chi connectivity index (χ2n) is 7.78. The molecule has 8 heteroatoms. The predicted molar refractivity (Wildman–Crippen MR) is 96.7 cm³/mol. The maximum Gasteiger partial charge on any atom is 0.279 e. The van der Waals surface area contributed by atoms with Gasteiger partial charge in [-0.1, -0.05) is 19.3 Å². The largest absolute Gasteiger partial charge is 0.379 e. The molecule has 25 heavy (non-hydrogen) atoms. The van der Waals surface area contributed by atoms with E-state index in [0.29, 0.717) is 19.6 Å². The third-order valence-corrected chi connectivity index (χ3v) is 7.26. The number of morpholine rings is 2. The van der Waals surface area contributed by atoms with Gasteiger partial charge >= 0.3 is 0 Å². The minimum Gasteiger partial charge on any atom is -0.379 e. The van der Waals surface area contributed by atoms with Crippen molar-refractivity contribution in [2.45, 2.75) is 63.7 Å². The van der Waals surface area contributed by atoms with Crippen molar-refractivity contribution in [1.29, 1.82) is 0 Å². The molecule has 3 rings (SSSR count). The Morgan fingerprint density at radius 1 is 1.04 bits per heavy atom. The predicted octanol–water partition coefficient (Wildman–Crippen LogP) is 0.965. The van der Waals surface area contributed by atoms with Gasteiger partial charge in [-0.2, -0.15) is 12.7 Å². The van der Waals surface area contributed by atoms with Crippen molar-refractivity contribution in [3.63, 3.8) is 0 Å². The average Bonchev–Trinajstić information content (AvgIpc) is 2.61. The third-order valence-electron chi connectivity index (χ3n) is 5.78. The highest BCUT2D eigenvalue weighted by Crippen LogP contribution is 2.34. The maximum atomic E-state index is 12.9. The first-order valence-corrected chi connectivity index (χ1v) is 11.1. The molecule has 2 unspecified atom stereocenters. The van der Waals surface area contributed by atoms with Gasteiger partial charge in [-0.05, 0) is 26.7 Å². The molecular formula is C17H33N3O4S. The monoisotopic (exact) mass is 375 g/mol. The van der Waals surface area contributed by atoms with E-state index in [1.807, 2.05) is 13.8 Å². The van der Waals surface area contributed by atoms with Crippen molar-refractivity contribution in [1.82, 2.24) is 13.9 Å². The van der Waals surface area contributed by atoms with Crippen molar-refractivity contribution in [2.24, 2.45) is 0 Å². The summed E-state index contributed by atoms with van der Waals surface area (Å²) in [6.45, 7) is 8.47. The maximum absolute atomic E-state index is 12.9. The SMILES string of the molecule is CC1CN(S(=O)(=O)NCC2(N3CCOCC3)CCCCC2)CC(C)O1. The molecule has 0 bridgehead atoms. The molecule has 1 aliphatic carbocycles. The number of hydrogen-bond acceptors (Lipinski definition) is 5. The van der Waals surface area contributed by atoms with Crippen LogP contribution in [0, 0.1) is 0 Å². The zero-order chi connectivity index (χ0) is 17.9. The standard InChI is InChI=1S/C17H33N3O4S/c1-15-12-20(13-16(2)24-15)25(21,22)18-14-17(6-4-3-5-7-17)19-8-10-23-11-9-19/h15-16,18H,3-14H2,1-2H3. The summed E-state index contributed by atoms with van der Waals surface area (Å²) in [5, 5.41) is 0. The van der Waals surface area contributed by atoms with Gasteiger partial charge in [0.2, 0.25) is 0 Å². The van der Waals surface area contributed by atoms with Gasteiger partial charge in [-0.15, -0.1) is 0 Å². The minimum absolute atomic E-state index is 0.0569. The molecule has 0 amide bonds. The molecule has 1 N–H and O–H groups in total. The van der Waals surface area contributed by atoms with Gasteiger partial charge in [0.25, 0.3) is 10.2 Å². The molecule has 2 heterocycles. The molecule has 0 aromatic carbocycles. The summed E-state index contributed by atoms with van der Waals surface area (Å²) in [6.07, 6.45) is 5.58. The van der Waals surface area contributed by atoms with E-state index in [1.165, 1.54) is 19.3 Å². The number of hydrogen-bond donors (Lipinski definition) is 1. The lowest BCUT2D eigenvalue weighted by Gasteiger charge is -2.48. The van der Waals surface area contributed by atoms with Crippen LogP contribution in [0.4, 0.5) is 0 Å². The Morgan fingerprint density at radius 2 is 1.64 bits per heavy atom. The fourth-order valence-corrected chi connectivity index (χ4v) is 5.94. The zero-order valence-electron chi connectivity index (χ0n) is 15.6.